The van der Waals surface area contributed by atoms with Gasteiger partial charge in [0.25, 0.3) is 0 Å². The number of ether oxygens (including phenoxy) is 2. The number of carbonyl (C=O) groups excluding carboxylic acids is 1. The molecule has 0 unspecified atom stereocenters. The fraction of sp³-hybridized carbons (Fsp3) is 0.474. The summed E-state index contributed by atoms with van der Waals surface area (Å²) in [7, 11) is 0. The van der Waals surface area contributed by atoms with Gasteiger partial charge in [-0.1, -0.05) is 37.3 Å². The van der Waals surface area contributed by atoms with Crippen LogP contribution < -0.4 is 4.74 Å². The predicted octanol–water partition coefficient (Wildman–Crippen LogP) is 5.17. The van der Waals surface area contributed by atoms with Crippen molar-refractivity contribution in [1.82, 2.24) is 4.98 Å². The van der Waals surface area contributed by atoms with Gasteiger partial charge >= 0.3 is 5.97 Å². The summed E-state index contributed by atoms with van der Waals surface area (Å²) < 4.78 is 10.8. The average molecular weight is 350 g/mol. The molecule has 0 saturated heterocycles. The molecule has 1 aromatic heterocycles. The lowest BCUT2D eigenvalue weighted by molar-refractivity contribution is -0.141. The molecule has 24 heavy (non-hydrogen) atoms. The van der Waals surface area contributed by atoms with Crippen LogP contribution in [0.5, 0.6) is 5.75 Å². The van der Waals surface area contributed by atoms with Gasteiger partial charge in [-0.05, 0) is 37.1 Å². The smallest absolute Gasteiger partial charge is 0.302 e. The van der Waals surface area contributed by atoms with Crippen LogP contribution in [-0.2, 0) is 9.53 Å². The number of benzene rings is 1. The van der Waals surface area contributed by atoms with Crippen LogP contribution in [0.4, 0.5) is 0 Å². The van der Waals surface area contributed by atoms with E-state index in [1.54, 1.807) is 6.20 Å². The summed E-state index contributed by atoms with van der Waals surface area (Å²) >= 11 is 6.18. The van der Waals surface area contributed by atoms with Gasteiger partial charge in [-0.25, -0.2) is 0 Å². The van der Waals surface area contributed by atoms with Crippen molar-refractivity contribution in [3.05, 3.63) is 35.5 Å². The summed E-state index contributed by atoms with van der Waals surface area (Å²) in [6.45, 7) is 2.66. The van der Waals surface area contributed by atoms with E-state index >= 15 is 0 Å². The number of esters is 1. The first kappa shape index (κ1) is 18.5. The first-order chi connectivity index (χ1) is 11.7. The van der Waals surface area contributed by atoms with Crippen LogP contribution in [0.1, 0.15) is 45.4 Å². The molecule has 130 valence electrons. The minimum Gasteiger partial charge on any atom is -0.491 e. The molecule has 0 aliphatic carbocycles. The average Bonchev–Trinajstić information content (AvgIpc) is 2.58. The van der Waals surface area contributed by atoms with Gasteiger partial charge in [0.2, 0.25) is 0 Å². The van der Waals surface area contributed by atoms with Gasteiger partial charge in [0.1, 0.15) is 11.3 Å². The minimum absolute atomic E-state index is 0.198. The fourth-order valence-corrected chi connectivity index (χ4v) is 2.75. The third-order valence-corrected chi connectivity index (χ3v) is 4.11. The number of nitrogens with zero attached hydrogens (tertiary/aromatic N) is 1. The molecule has 2 rings (SSSR count). The molecule has 0 aliphatic rings. The van der Waals surface area contributed by atoms with Crippen molar-refractivity contribution in [2.24, 2.45) is 0 Å². The molecule has 1 heterocycles. The van der Waals surface area contributed by atoms with Crippen molar-refractivity contribution in [3.63, 3.8) is 0 Å². The van der Waals surface area contributed by atoms with E-state index in [0.29, 0.717) is 18.2 Å². The largest absolute Gasteiger partial charge is 0.491 e. The second kappa shape index (κ2) is 10.1. The molecule has 0 fully saturated rings. The summed E-state index contributed by atoms with van der Waals surface area (Å²) in [4.78, 5) is 15.0. The molecule has 4 nitrogen and oxygen atoms in total. The van der Waals surface area contributed by atoms with Crippen molar-refractivity contribution < 1.29 is 14.3 Å². The molecule has 0 aliphatic heterocycles. The summed E-state index contributed by atoms with van der Waals surface area (Å²) in [5.74, 6) is 0.591. The maximum absolute atomic E-state index is 10.6. The van der Waals surface area contributed by atoms with Crippen molar-refractivity contribution in [3.8, 4) is 5.75 Å². The van der Waals surface area contributed by atoms with Crippen LogP contribution in [-0.4, -0.2) is 24.2 Å². The summed E-state index contributed by atoms with van der Waals surface area (Å²) in [6.07, 6.45) is 8.27. The van der Waals surface area contributed by atoms with Gasteiger partial charge in [0.15, 0.2) is 0 Å². The first-order valence-electron chi connectivity index (χ1n) is 8.48. The highest BCUT2D eigenvalue weighted by molar-refractivity contribution is 6.35. The van der Waals surface area contributed by atoms with Crippen molar-refractivity contribution in [1.29, 1.82) is 0 Å². The number of aromatic nitrogens is 1. The number of pyridine rings is 1. The Kier molecular flexibility index (Phi) is 7.83. The molecule has 0 amide bonds. The van der Waals surface area contributed by atoms with E-state index in [9.17, 15) is 4.79 Å². The number of hydrogen-bond donors (Lipinski definition) is 0. The monoisotopic (exact) mass is 349 g/mol. The van der Waals surface area contributed by atoms with E-state index in [2.05, 4.69) is 4.98 Å². The highest BCUT2D eigenvalue weighted by Gasteiger charge is 2.06. The Morgan fingerprint density at radius 3 is 2.50 bits per heavy atom. The van der Waals surface area contributed by atoms with Crippen molar-refractivity contribution in [2.45, 2.75) is 45.4 Å². The van der Waals surface area contributed by atoms with Crippen LogP contribution >= 0.6 is 11.6 Å². The molecule has 0 spiro atoms. The van der Waals surface area contributed by atoms with E-state index in [0.717, 1.165) is 48.8 Å². The molecule has 0 atom stereocenters. The predicted molar refractivity (Wildman–Crippen MR) is 96.6 cm³/mol. The molecule has 0 saturated carbocycles. The van der Waals surface area contributed by atoms with Crippen LogP contribution in [0.3, 0.4) is 0 Å². The number of fused-ring (bicyclic) bond motifs is 1. The molecular formula is C19H24ClNO3. The SMILES string of the molecule is CC(=O)OCCCCCCCCOc1ccc(Cl)c2cccnc12. The van der Waals surface area contributed by atoms with Gasteiger partial charge in [-0.15, -0.1) is 0 Å². The van der Waals surface area contributed by atoms with Crippen LogP contribution in [0.15, 0.2) is 30.5 Å². The number of halogens is 1. The lowest BCUT2D eigenvalue weighted by Gasteiger charge is -2.09. The Labute approximate surface area is 148 Å². The quantitative estimate of drug-likeness (QED) is 0.438. The van der Waals surface area contributed by atoms with Crippen LogP contribution in [0.2, 0.25) is 5.02 Å². The first-order valence-corrected chi connectivity index (χ1v) is 8.85. The van der Waals surface area contributed by atoms with Crippen molar-refractivity contribution >= 4 is 28.5 Å². The molecule has 2 aromatic rings. The molecule has 0 radical (unpaired) electrons. The third kappa shape index (κ3) is 6.00. The van der Waals surface area contributed by atoms with Gasteiger partial charge in [-0.2, -0.15) is 0 Å². The normalized spacial score (nSPS) is 10.8. The fourth-order valence-electron chi connectivity index (χ4n) is 2.54. The van der Waals surface area contributed by atoms with E-state index in [-0.39, 0.29) is 5.97 Å². The molecule has 0 N–H and O–H groups in total. The summed E-state index contributed by atoms with van der Waals surface area (Å²) in [5.41, 5.74) is 0.815. The van der Waals surface area contributed by atoms with Gasteiger partial charge in [0, 0.05) is 18.5 Å². The zero-order valence-electron chi connectivity index (χ0n) is 14.1. The molecule has 0 bridgehead atoms. The zero-order valence-corrected chi connectivity index (χ0v) is 14.8. The zero-order chi connectivity index (χ0) is 17.2. The Bertz CT molecular complexity index is 660. The summed E-state index contributed by atoms with van der Waals surface area (Å²) in [5, 5.41) is 1.61. The van der Waals surface area contributed by atoms with E-state index in [1.165, 1.54) is 13.3 Å². The minimum atomic E-state index is -0.198. The van der Waals surface area contributed by atoms with Crippen LogP contribution in [0.25, 0.3) is 10.9 Å². The second-order valence-corrected chi connectivity index (χ2v) is 6.16. The number of unbranched alkanes of at least 4 members (excludes halogenated alkanes) is 5. The van der Waals surface area contributed by atoms with Gasteiger partial charge in [0.05, 0.1) is 18.2 Å². The molecule has 1 aromatic carbocycles. The maximum atomic E-state index is 10.6. The van der Waals surface area contributed by atoms with Gasteiger partial charge in [-0.3, -0.25) is 9.78 Å². The van der Waals surface area contributed by atoms with Crippen molar-refractivity contribution in [2.75, 3.05) is 13.2 Å². The highest BCUT2D eigenvalue weighted by atomic mass is 35.5. The topological polar surface area (TPSA) is 48.4 Å². The molecular weight excluding hydrogens is 326 g/mol. The number of rotatable bonds is 10. The second-order valence-electron chi connectivity index (χ2n) is 5.75. The van der Waals surface area contributed by atoms with Crippen LogP contribution in [0, 0.1) is 0 Å². The Morgan fingerprint density at radius 1 is 1.04 bits per heavy atom. The highest BCUT2D eigenvalue weighted by Crippen LogP contribution is 2.29. The van der Waals surface area contributed by atoms with E-state index in [1.807, 2.05) is 24.3 Å². The van der Waals surface area contributed by atoms with E-state index < -0.39 is 0 Å². The standard InChI is InChI=1S/C19H24ClNO3/c1-15(22)23-13-6-4-2-3-5-7-14-24-18-11-10-17(20)16-9-8-12-21-19(16)18/h8-12H,2-7,13-14H2,1H3. The number of hydrogen-bond acceptors (Lipinski definition) is 4. The number of carbonyl (C=O) groups is 1. The lowest BCUT2D eigenvalue weighted by atomic mass is 10.1. The Morgan fingerprint density at radius 2 is 1.75 bits per heavy atom. The Balaban J connectivity index is 1.62. The Hall–Kier alpha value is -1.81. The van der Waals surface area contributed by atoms with Gasteiger partial charge < -0.3 is 9.47 Å². The summed E-state index contributed by atoms with van der Waals surface area (Å²) in [6, 6.07) is 7.56. The molecule has 5 heteroatoms. The maximum Gasteiger partial charge on any atom is 0.302 e. The lowest BCUT2D eigenvalue weighted by Crippen LogP contribution is -2.00. The van der Waals surface area contributed by atoms with E-state index in [4.69, 9.17) is 21.1 Å². The third-order valence-electron chi connectivity index (χ3n) is 3.78.